The fraction of sp³-hybridized carbons (Fsp3) is 0.556. The molecule has 268 valence electrons. The molecule has 4 heterocycles. The van der Waals surface area contributed by atoms with Crippen molar-refractivity contribution in [2.75, 3.05) is 57.3 Å². The van der Waals surface area contributed by atoms with Crippen LogP contribution in [-0.4, -0.2) is 98.1 Å². The Labute approximate surface area is 307 Å². The molecule has 0 aliphatic carbocycles. The number of rotatable bonds is 3. The average molecular weight is 783 g/mol. The summed E-state index contributed by atoms with van der Waals surface area (Å²) < 4.78 is 11.6. The molecule has 0 saturated carbocycles. The zero-order chi connectivity index (χ0) is 36.1. The summed E-state index contributed by atoms with van der Waals surface area (Å²) in [7, 11) is 0. The van der Waals surface area contributed by atoms with Crippen molar-refractivity contribution in [3.05, 3.63) is 62.0 Å². The smallest absolute Gasteiger partial charge is 0.410 e. The zero-order valence-corrected chi connectivity index (χ0v) is 32.1. The van der Waals surface area contributed by atoms with Gasteiger partial charge < -0.3 is 29.5 Å². The standard InChI is InChI=1S/C18H23ClN2O3.C11H20N2O2.C7H4BrClO/c1-18(2,3)24-17(23)21-9-13-7-20(8-14(13)10-21)16-5-12(11-22)4-15(19)6-16;1-11(2,3)15-10(14)13-6-8-4-12-5-9(8)7-13;8-6-1-5(4-10)2-7(9)3-6/h4-6,11,13-14H,7-10H2,1-3H3;8-9,12H,4-7H2,1-3H3;1-4H. The molecule has 0 bridgehead atoms. The van der Waals surface area contributed by atoms with Gasteiger partial charge in [-0.25, -0.2) is 9.59 Å². The van der Waals surface area contributed by atoms with Gasteiger partial charge in [-0.3, -0.25) is 9.59 Å². The quantitative estimate of drug-likeness (QED) is 0.321. The van der Waals surface area contributed by atoms with Crippen LogP contribution in [0.4, 0.5) is 15.3 Å². The Morgan fingerprint density at radius 1 is 0.694 bits per heavy atom. The maximum atomic E-state index is 12.2. The van der Waals surface area contributed by atoms with Crippen molar-refractivity contribution in [2.45, 2.75) is 52.7 Å². The largest absolute Gasteiger partial charge is 0.444 e. The van der Waals surface area contributed by atoms with Crippen LogP contribution in [0.25, 0.3) is 0 Å². The number of aldehydes is 2. The first-order chi connectivity index (χ1) is 22.9. The maximum Gasteiger partial charge on any atom is 0.410 e. The van der Waals surface area contributed by atoms with Gasteiger partial charge in [0.15, 0.2) is 0 Å². The van der Waals surface area contributed by atoms with E-state index in [2.05, 4.69) is 26.1 Å². The third kappa shape index (κ3) is 11.6. The van der Waals surface area contributed by atoms with Crippen LogP contribution in [-0.2, 0) is 9.47 Å². The number of nitrogens with one attached hydrogen (secondary N) is 1. The van der Waals surface area contributed by atoms with Crippen molar-refractivity contribution in [3.63, 3.8) is 0 Å². The predicted molar refractivity (Wildman–Crippen MR) is 196 cm³/mol. The molecule has 0 radical (unpaired) electrons. The van der Waals surface area contributed by atoms with Crippen molar-refractivity contribution < 1.29 is 28.7 Å². The molecule has 4 fully saturated rings. The lowest BCUT2D eigenvalue weighted by Crippen LogP contribution is -2.37. The van der Waals surface area contributed by atoms with Gasteiger partial charge in [0.1, 0.15) is 23.8 Å². The SMILES string of the molecule is CC(C)(C)OC(=O)N1CC2CN(c3cc(Cl)cc(C=O)c3)CC2C1.CC(C)(C)OC(=O)N1CC2CNCC2C1.O=Cc1cc(Cl)cc(Br)c1. The number of hydrogen-bond acceptors (Lipinski definition) is 8. The minimum Gasteiger partial charge on any atom is -0.444 e. The minimum absolute atomic E-state index is 0.156. The highest BCUT2D eigenvalue weighted by Gasteiger charge is 2.43. The van der Waals surface area contributed by atoms with Gasteiger partial charge >= 0.3 is 12.2 Å². The topological polar surface area (TPSA) is 108 Å². The van der Waals surface area contributed by atoms with Crippen LogP contribution in [0.5, 0.6) is 0 Å². The number of amides is 2. The van der Waals surface area contributed by atoms with Gasteiger partial charge in [-0.15, -0.1) is 0 Å². The van der Waals surface area contributed by atoms with E-state index in [-0.39, 0.29) is 17.8 Å². The minimum atomic E-state index is -0.465. The molecule has 4 aliphatic heterocycles. The molecule has 0 spiro atoms. The summed E-state index contributed by atoms with van der Waals surface area (Å²) in [4.78, 5) is 51.1. The summed E-state index contributed by atoms with van der Waals surface area (Å²) in [5.41, 5.74) is 1.30. The number of anilines is 1. The van der Waals surface area contributed by atoms with Crippen molar-refractivity contribution >= 4 is 69.6 Å². The third-order valence-corrected chi connectivity index (χ3v) is 9.50. The van der Waals surface area contributed by atoms with Crippen LogP contribution in [0.1, 0.15) is 62.3 Å². The van der Waals surface area contributed by atoms with E-state index in [4.69, 9.17) is 32.7 Å². The van der Waals surface area contributed by atoms with Crippen LogP contribution in [0.3, 0.4) is 0 Å². The average Bonchev–Trinajstić information content (AvgIpc) is 3.76. The Hall–Kier alpha value is -2.86. The van der Waals surface area contributed by atoms with Gasteiger partial charge in [0, 0.05) is 95.5 Å². The first-order valence-corrected chi connectivity index (χ1v) is 18.1. The molecule has 13 heteroatoms. The first kappa shape index (κ1) is 38.9. The molecule has 2 aromatic carbocycles. The summed E-state index contributed by atoms with van der Waals surface area (Å²) in [5.74, 6) is 2.13. The van der Waals surface area contributed by atoms with Crippen LogP contribution >= 0.6 is 39.1 Å². The van der Waals surface area contributed by atoms with E-state index in [0.717, 1.165) is 75.1 Å². The lowest BCUT2D eigenvalue weighted by Gasteiger charge is -2.26. The number of benzene rings is 2. The summed E-state index contributed by atoms with van der Waals surface area (Å²) in [5, 5.41) is 4.49. The van der Waals surface area contributed by atoms with E-state index in [1.54, 1.807) is 24.3 Å². The monoisotopic (exact) mass is 780 g/mol. The molecule has 6 rings (SSSR count). The second-order valence-corrected chi connectivity index (χ2v) is 16.8. The van der Waals surface area contributed by atoms with E-state index in [1.165, 1.54) is 0 Å². The summed E-state index contributed by atoms with van der Waals surface area (Å²) in [6.45, 7) is 18.3. The van der Waals surface area contributed by atoms with Gasteiger partial charge in [0.25, 0.3) is 0 Å². The molecule has 4 unspecified atom stereocenters. The highest BCUT2D eigenvalue weighted by Crippen LogP contribution is 2.36. The van der Waals surface area contributed by atoms with Crippen molar-refractivity contribution in [3.8, 4) is 0 Å². The zero-order valence-electron chi connectivity index (χ0n) is 29.0. The molecule has 10 nitrogen and oxygen atoms in total. The molecule has 49 heavy (non-hydrogen) atoms. The lowest BCUT2D eigenvalue weighted by atomic mass is 10.0. The first-order valence-electron chi connectivity index (χ1n) is 16.5. The number of halogens is 3. The normalized spacial score (nSPS) is 22.7. The molecular formula is C36H47BrCl2N4O6. The highest BCUT2D eigenvalue weighted by atomic mass is 79.9. The Balaban J connectivity index is 0.000000184. The number of hydrogen-bond donors (Lipinski definition) is 1. The van der Waals surface area contributed by atoms with E-state index in [9.17, 15) is 19.2 Å². The van der Waals surface area contributed by atoms with Crippen LogP contribution < -0.4 is 10.2 Å². The molecule has 1 N–H and O–H groups in total. The number of carbonyl (C=O) groups is 4. The van der Waals surface area contributed by atoms with Crippen LogP contribution in [0.15, 0.2) is 40.9 Å². The van der Waals surface area contributed by atoms with Crippen LogP contribution in [0.2, 0.25) is 10.0 Å². The molecule has 0 aromatic heterocycles. The van der Waals surface area contributed by atoms with Gasteiger partial charge in [0.05, 0.1) is 0 Å². The molecule has 4 saturated heterocycles. The van der Waals surface area contributed by atoms with Crippen molar-refractivity contribution in [2.24, 2.45) is 23.7 Å². The molecule has 4 atom stereocenters. The fourth-order valence-electron chi connectivity index (χ4n) is 6.50. The summed E-state index contributed by atoms with van der Waals surface area (Å²) in [6.07, 6.45) is 1.19. The Kier molecular flexibility index (Phi) is 13.1. The van der Waals surface area contributed by atoms with Crippen molar-refractivity contribution in [1.29, 1.82) is 0 Å². The molecule has 4 aliphatic rings. The number of nitrogens with zero attached hydrogens (tertiary/aromatic N) is 3. The van der Waals surface area contributed by atoms with E-state index < -0.39 is 5.60 Å². The number of carbonyl (C=O) groups excluding carboxylic acids is 4. The number of fused-ring (bicyclic) bond motifs is 2. The van der Waals surface area contributed by atoms with Crippen LogP contribution in [0, 0.1) is 23.7 Å². The van der Waals surface area contributed by atoms with E-state index in [0.29, 0.717) is 44.8 Å². The lowest BCUT2D eigenvalue weighted by molar-refractivity contribution is 0.0272. The predicted octanol–water partition coefficient (Wildman–Crippen LogP) is 7.44. The van der Waals surface area contributed by atoms with Gasteiger partial charge in [0.2, 0.25) is 0 Å². The molecule has 2 amide bonds. The van der Waals surface area contributed by atoms with E-state index in [1.807, 2.05) is 63.5 Å². The molecule has 2 aromatic rings. The fourth-order valence-corrected chi connectivity index (χ4v) is 7.62. The Morgan fingerprint density at radius 2 is 1.12 bits per heavy atom. The van der Waals surface area contributed by atoms with Gasteiger partial charge in [-0.2, -0.15) is 0 Å². The number of ether oxygens (including phenoxy) is 2. The van der Waals surface area contributed by atoms with Crippen molar-refractivity contribution in [1.82, 2.24) is 15.1 Å². The summed E-state index contributed by atoms with van der Waals surface area (Å²) in [6, 6.07) is 10.5. The second kappa shape index (κ2) is 16.4. The number of likely N-dealkylation sites (tertiary alicyclic amines) is 2. The second-order valence-electron chi connectivity index (χ2n) is 15.1. The summed E-state index contributed by atoms with van der Waals surface area (Å²) >= 11 is 14.9. The Morgan fingerprint density at radius 3 is 1.55 bits per heavy atom. The van der Waals surface area contributed by atoms with Gasteiger partial charge in [-0.05, 0) is 89.8 Å². The van der Waals surface area contributed by atoms with Gasteiger partial charge in [-0.1, -0.05) is 39.1 Å². The Bertz CT molecular complexity index is 1470. The van der Waals surface area contributed by atoms with E-state index >= 15 is 0 Å². The highest BCUT2D eigenvalue weighted by molar-refractivity contribution is 9.10. The third-order valence-electron chi connectivity index (χ3n) is 8.61. The maximum absolute atomic E-state index is 12.2. The molecular weight excluding hydrogens is 735 g/mol.